The molecule has 2 aliphatic heterocycles. The monoisotopic (exact) mass is 503 g/mol. The van der Waals surface area contributed by atoms with Gasteiger partial charge in [0.2, 0.25) is 6.79 Å². The predicted molar refractivity (Wildman–Crippen MR) is 135 cm³/mol. The molecule has 9 heteroatoms. The van der Waals surface area contributed by atoms with Crippen LogP contribution in [0.4, 0.5) is 5.69 Å². The molecule has 2 heterocycles. The average Bonchev–Trinajstić information content (AvgIpc) is 3.49. The maximum absolute atomic E-state index is 13.5. The summed E-state index contributed by atoms with van der Waals surface area (Å²) in [5, 5.41) is 11.4. The molecular weight excluding hydrogens is 478 g/mol. The zero-order chi connectivity index (χ0) is 26.3. The number of hydrogen-bond acceptors (Lipinski definition) is 8. The number of amides is 1. The van der Waals surface area contributed by atoms with Crippen molar-refractivity contribution in [2.75, 3.05) is 33.0 Å². The first-order valence-corrected chi connectivity index (χ1v) is 11.5. The highest BCUT2D eigenvalue weighted by atomic mass is 16.7. The lowest BCUT2D eigenvalue weighted by Gasteiger charge is -2.26. The Bertz CT molecular complexity index is 1440. The lowest BCUT2D eigenvalue weighted by molar-refractivity contribution is -0.132. The van der Waals surface area contributed by atoms with Crippen molar-refractivity contribution in [1.29, 1.82) is 0 Å². The molecule has 0 saturated carbocycles. The van der Waals surface area contributed by atoms with Gasteiger partial charge in [0.25, 0.3) is 11.7 Å². The molecule has 2 aliphatic rings. The summed E-state index contributed by atoms with van der Waals surface area (Å²) in [6.45, 7) is 1.89. The van der Waals surface area contributed by atoms with E-state index in [0.29, 0.717) is 45.6 Å². The van der Waals surface area contributed by atoms with Crippen LogP contribution in [0.1, 0.15) is 22.7 Å². The van der Waals surface area contributed by atoms with Crippen LogP contribution in [0.5, 0.6) is 28.7 Å². The van der Waals surface area contributed by atoms with Crippen molar-refractivity contribution in [3.63, 3.8) is 0 Å². The first-order chi connectivity index (χ1) is 17.9. The number of rotatable bonds is 6. The second-order valence-electron chi connectivity index (χ2n) is 8.51. The summed E-state index contributed by atoms with van der Waals surface area (Å²) in [5.41, 5.74) is 2.04. The lowest BCUT2D eigenvalue weighted by atomic mass is 9.94. The van der Waals surface area contributed by atoms with Gasteiger partial charge in [0.15, 0.2) is 23.0 Å². The summed E-state index contributed by atoms with van der Waals surface area (Å²) < 4.78 is 27.0. The second-order valence-corrected chi connectivity index (χ2v) is 8.51. The van der Waals surface area contributed by atoms with Gasteiger partial charge in [-0.25, -0.2) is 0 Å². The lowest BCUT2D eigenvalue weighted by Crippen LogP contribution is -2.29. The molecule has 0 aromatic heterocycles. The number of aliphatic hydroxyl groups excluding tert-OH is 1. The summed E-state index contributed by atoms with van der Waals surface area (Å²) in [6, 6.07) is 14.2. The smallest absolute Gasteiger partial charge is 0.300 e. The largest absolute Gasteiger partial charge is 0.507 e. The highest BCUT2D eigenvalue weighted by Crippen LogP contribution is 2.46. The molecule has 1 fully saturated rings. The van der Waals surface area contributed by atoms with E-state index in [1.807, 2.05) is 6.92 Å². The van der Waals surface area contributed by atoms with Crippen molar-refractivity contribution in [3.8, 4) is 28.7 Å². The Labute approximate surface area is 213 Å². The topological polar surface area (TPSA) is 104 Å². The van der Waals surface area contributed by atoms with Gasteiger partial charge in [0.05, 0.1) is 32.9 Å². The number of hydrogen-bond donors (Lipinski definition) is 1. The van der Waals surface area contributed by atoms with E-state index in [0.717, 1.165) is 5.56 Å². The van der Waals surface area contributed by atoms with E-state index in [2.05, 4.69) is 0 Å². The Balaban J connectivity index is 1.72. The Morgan fingerprint density at radius 2 is 1.57 bits per heavy atom. The van der Waals surface area contributed by atoms with E-state index in [-0.39, 0.29) is 18.1 Å². The van der Waals surface area contributed by atoms with Gasteiger partial charge in [-0.05, 0) is 60.5 Å². The summed E-state index contributed by atoms with van der Waals surface area (Å²) in [7, 11) is 4.56. The number of carbonyl (C=O) groups is 2. The highest BCUT2D eigenvalue weighted by molar-refractivity contribution is 6.51. The van der Waals surface area contributed by atoms with Crippen LogP contribution in [0.3, 0.4) is 0 Å². The van der Waals surface area contributed by atoms with E-state index in [1.54, 1.807) is 61.7 Å². The van der Waals surface area contributed by atoms with Gasteiger partial charge in [0, 0.05) is 17.3 Å². The van der Waals surface area contributed by atoms with Gasteiger partial charge in [0.1, 0.15) is 11.5 Å². The van der Waals surface area contributed by atoms with Gasteiger partial charge >= 0.3 is 0 Å². The van der Waals surface area contributed by atoms with Crippen molar-refractivity contribution >= 4 is 23.1 Å². The molecule has 1 saturated heterocycles. The van der Waals surface area contributed by atoms with Crippen LogP contribution < -0.4 is 28.6 Å². The molecule has 1 atom stereocenters. The first kappa shape index (κ1) is 24.1. The fourth-order valence-corrected chi connectivity index (χ4v) is 4.65. The van der Waals surface area contributed by atoms with E-state index < -0.39 is 17.7 Å². The molecule has 190 valence electrons. The second kappa shape index (κ2) is 9.42. The quantitative estimate of drug-likeness (QED) is 0.300. The number of anilines is 1. The number of methoxy groups -OCH3 is 3. The third-order valence-electron chi connectivity index (χ3n) is 6.47. The third kappa shape index (κ3) is 3.98. The average molecular weight is 504 g/mol. The van der Waals surface area contributed by atoms with Crippen molar-refractivity contribution < 1.29 is 38.4 Å². The van der Waals surface area contributed by atoms with Crippen LogP contribution in [0.15, 0.2) is 60.2 Å². The zero-order valence-corrected chi connectivity index (χ0v) is 20.7. The van der Waals surface area contributed by atoms with Gasteiger partial charge in [-0.15, -0.1) is 0 Å². The van der Waals surface area contributed by atoms with Crippen molar-refractivity contribution in [3.05, 3.63) is 76.9 Å². The first-order valence-electron chi connectivity index (χ1n) is 11.5. The molecular formula is C28H25NO8. The van der Waals surface area contributed by atoms with Crippen molar-refractivity contribution in [2.45, 2.75) is 13.0 Å². The van der Waals surface area contributed by atoms with Gasteiger partial charge < -0.3 is 28.8 Å². The van der Waals surface area contributed by atoms with E-state index >= 15 is 0 Å². The van der Waals surface area contributed by atoms with E-state index in [1.165, 1.54) is 19.1 Å². The summed E-state index contributed by atoms with van der Waals surface area (Å²) in [4.78, 5) is 28.3. The normalized spacial score (nSPS) is 17.7. The number of benzene rings is 3. The molecule has 5 rings (SSSR count). The molecule has 0 radical (unpaired) electrons. The van der Waals surface area contributed by atoms with Gasteiger partial charge in [-0.2, -0.15) is 0 Å². The summed E-state index contributed by atoms with van der Waals surface area (Å²) >= 11 is 0. The van der Waals surface area contributed by atoms with Crippen molar-refractivity contribution in [1.82, 2.24) is 0 Å². The number of fused-ring (bicyclic) bond motifs is 1. The number of carbonyl (C=O) groups excluding carboxylic acids is 2. The highest BCUT2D eigenvalue weighted by Gasteiger charge is 2.47. The van der Waals surface area contributed by atoms with Crippen LogP contribution in [-0.2, 0) is 9.59 Å². The number of ether oxygens (including phenoxy) is 5. The SMILES string of the molecule is COc1ccc(/C(O)=C2\C(=O)C(=O)N(c3ccc4c(c3)OCO4)C2c2ccc(OC)c(OC)c2)cc1C. The molecule has 3 aromatic rings. The molecule has 37 heavy (non-hydrogen) atoms. The Hall–Kier alpha value is -4.66. The van der Waals surface area contributed by atoms with E-state index in [4.69, 9.17) is 23.7 Å². The number of aliphatic hydroxyl groups is 1. The standard InChI is InChI=1S/C28H25NO8/c1-15-11-17(6-8-19(15)33-2)26(30)24-25(16-5-9-20(34-3)22(12-16)35-4)29(28(32)27(24)31)18-7-10-21-23(13-18)37-14-36-21/h5-13,25,30H,14H2,1-4H3/b26-24+. The number of Topliss-reactive ketones (excluding diaryl/α,β-unsaturated/α-hetero) is 1. The minimum Gasteiger partial charge on any atom is -0.507 e. The Morgan fingerprint density at radius 1 is 0.865 bits per heavy atom. The summed E-state index contributed by atoms with van der Waals surface area (Å²) in [6.07, 6.45) is 0. The summed E-state index contributed by atoms with van der Waals surface area (Å²) in [5.74, 6) is 0.622. The van der Waals surface area contributed by atoms with Crippen molar-refractivity contribution in [2.24, 2.45) is 0 Å². The van der Waals surface area contributed by atoms with E-state index in [9.17, 15) is 14.7 Å². The molecule has 0 aliphatic carbocycles. The minimum atomic E-state index is -0.956. The number of ketones is 1. The maximum Gasteiger partial charge on any atom is 0.300 e. The van der Waals surface area contributed by atoms with Crippen LogP contribution in [0.2, 0.25) is 0 Å². The fraction of sp³-hybridized carbons (Fsp3) is 0.214. The number of aryl methyl sites for hydroxylation is 1. The third-order valence-corrected chi connectivity index (χ3v) is 6.47. The molecule has 1 unspecified atom stereocenters. The molecule has 3 aromatic carbocycles. The zero-order valence-electron chi connectivity index (χ0n) is 20.7. The van der Waals surface area contributed by atoms with Gasteiger partial charge in [-0.1, -0.05) is 6.07 Å². The molecule has 1 amide bonds. The van der Waals surface area contributed by atoms with Crippen LogP contribution in [0, 0.1) is 6.92 Å². The van der Waals surface area contributed by atoms with Crippen LogP contribution >= 0.6 is 0 Å². The molecule has 9 nitrogen and oxygen atoms in total. The Kier molecular flexibility index (Phi) is 6.12. The van der Waals surface area contributed by atoms with Crippen LogP contribution in [0.25, 0.3) is 5.76 Å². The van der Waals surface area contributed by atoms with Gasteiger partial charge in [-0.3, -0.25) is 14.5 Å². The fourth-order valence-electron chi connectivity index (χ4n) is 4.65. The van der Waals surface area contributed by atoms with Crippen LogP contribution in [-0.4, -0.2) is 44.9 Å². The molecule has 1 N–H and O–H groups in total. The minimum absolute atomic E-state index is 0.0561. The molecule has 0 spiro atoms. The number of nitrogens with zero attached hydrogens (tertiary/aromatic N) is 1. The molecule has 0 bridgehead atoms. The maximum atomic E-state index is 13.5. The Morgan fingerprint density at radius 3 is 2.27 bits per heavy atom. The predicted octanol–water partition coefficient (Wildman–Crippen LogP) is 4.38.